The van der Waals surface area contributed by atoms with Gasteiger partial charge in [-0.3, -0.25) is 9.59 Å². The van der Waals surface area contributed by atoms with Crippen LogP contribution < -0.4 is 14.8 Å². The second kappa shape index (κ2) is 9.71. The molecular formula is C22H19ClN2O4. The zero-order valence-corrected chi connectivity index (χ0v) is 16.5. The quantitative estimate of drug-likeness (QED) is 0.520. The first-order valence-corrected chi connectivity index (χ1v) is 9.28. The smallest absolute Gasteiger partial charge is 0.224 e. The third kappa shape index (κ3) is 5.80. The highest BCUT2D eigenvalue weighted by molar-refractivity contribution is 6.30. The zero-order valence-electron chi connectivity index (χ0n) is 15.7. The van der Waals surface area contributed by atoms with Gasteiger partial charge in [0, 0.05) is 29.5 Å². The minimum Gasteiger partial charge on any atom is -0.493 e. The molecule has 0 aliphatic rings. The summed E-state index contributed by atoms with van der Waals surface area (Å²) in [6.45, 7) is 0. The van der Waals surface area contributed by atoms with Crippen LogP contribution in [0.2, 0.25) is 5.02 Å². The minimum absolute atomic E-state index is 0.0704. The predicted octanol–water partition coefficient (Wildman–Crippen LogP) is 5.14. The number of ketones is 1. The highest BCUT2D eigenvalue weighted by Gasteiger charge is 2.10. The molecule has 1 N–H and O–H groups in total. The van der Waals surface area contributed by atoms with Crippen molar-refractivity contribution in [2.45, 2.75) is 12.8 Å². The zero-order chi connectivity index (χ0) is 20.6. The number of methoxy groups -OCH3 is 1. The molecule has 0 radical (unpaired) electrons. The molecular weight excluding hydrogens is 392 g/mol. The Bertz CT molecular complexity index is 988. The standard InChI is InChI=1S/C22H19ClN2O4/c1-28-19-4-2-3-5-20(19)29-22-13-10-17(14-24-22)25-21(27)12-11-18(26)15-6-8-16(23)9-7-15/h2-10,13-14H,11-12H2,1H3,(H,25,27). The van der Waals surface area contributed by atoms with E-state index in [-0.39, 0.29) is 24.5 Å². The summed E-state index contributed by atoms with van der Waals surface area (Å²) in [6.07, 6.45) is 1.67. The maximum atomic E-state index is 12.1. The van der Waals surface area contributed by atoms with Crippen molar-refractivity contribution < 1.29 is 19.1 Å². The van der Waals surface area contributed by atoms with Crippen LogP contribution in [-0.2, 0) is 4.79 Å². The molecule has 0 aliphatic heterocycles. The first-order chi connectivity index (χ1) is 14.0. The number of carbonyl (C=O) groups excluding carboxylic acids is 2. The first kappa shape index (κ1) is 20.4. The van der Waals surface area contributed by atoms with E-state index in [1.165, 1.54) is 6.20 Å². The van der Waals surface area contributed by atoms with Crippen molar-refractivity contribution in [1.82, 2.24) is 4.98 Å². The molecule has 0 atom stereocenters. The number of nitrogens with one attached hydrogen (secondary N) is 1. The summed E-state index contributed by atoms with van der Waals surface area (Å²) in [4.78, 5) is 28.4. The minimum atomic E-state index is -0.271. The SMILES string of the molecule is COc1ccccc1Oc1ccc(NC(=O)CCC(=O)c2ccc(Cl)cc2)cn1. The molecule has 0 saturated carbocycles. The highest BCUT2D eigenvalue weighted by atomic mass is 35.5. The topological polar surface area (TPSA) is 77.5 Å². The van der Waals surface area contributed by atoms with Gasteiger partial charge in [0.1, 0.15) is 0 Å². The lowest BCUT2D eigenvalue weighted by molar-refractivity contribution is -0.116. The summed E-state index contributed by atoms with van der Waals surface area (Å²) in [5.41, 5.74) is 1.04. The first-order valence-electron chi connectivity index (χ1n) is 8.90. The molecule has 0 fully saturated rings. The molecule has 0 bridgehead atoms. The van der Waals surface area contributed by atoms with E-state index in [2.05, 4.69) is 10.3 Å². The van der Waals surface area contributed by atoms with Gasteiger partial charge < -0.3 is 14.8 Å². The molecule has 3 aromatic rings. The van der Waals surface area contributed by atoms with Crippen molar-refractivity contribution in [3.05, 3.63) is 77.4 Å². The monoisotopic (exact) mass is 410 g/mol. The van der Waals surface area contributed by atoms with Crippen LogP contribution in [0.25, 0.3) is 0 Å². The molecule has 7 heteroatoms. The molecule has 0 spiro atoms. The van der Waals surface area contributed by atoms with Crippen LogP contribution in [0.5, 0.6) is 17.4 Å². The molecule has 0 aliphatic carbocycles. The van der Waals surface area contributed by atoms with Crippen molar-refractivity contribution in [2.24, 2.45) is 0 Å². The van der Waals surface area contributed by atoms with Crippen molar-refractivity contribution in [2.75, 3.05) is 12.4 Å². The number of ether oxygens (including phenoxy) is 2. The van der Waals surface area contributed by atoms with E-state index in [0.717, 1.165) is 0 Å². The summed E-state index contributed by atoms with van der Waals surface area (Å²) in [6, 6.07) is 17.1. The van der Waals surface area contributed by atoms with Crippen LogP contribution >= 0.6 is 11.6 Å². The average molecular weight is 411 g/mol. The maximum Gasteiger partial charge on any atom is 0.224 e. The second-order valence-electron chi connectivity index (χ2n) is 6.12. The van der Waals surface area contributed by atoms with Crippen LogP contribution in [0.3, 0.4) is 0 Å². The number of hydrogen-bond donors (Lipinski definition) is 1. The fourth-order valence-corrected chi connectivity index (χ4v) is 2.69. The van der Waals surface area contributed by atoms with Gasteiger partial charge in [0.05, 0.1) is 19.0 Å². The maximum absolute atomic E-state index is 12.1. The van der Waals surface area contributed by atoms with Gasteiger partial charge in [-0.15, -0.1) is 0 Å². The van der Waals surface area contributed by atoms with Gasteiger partial charge >= 0.3 is 0 Å². The van der Waals surface area contributed by atoms with E-state index in [0.29, 0.717) is 33.7 Å². The number of nitrogens with zero attached hydrogens (tertiary/aromatic N) is 1. The van der Waals surface area contributed by atoms with E-state index < -0.39 is 0 Å². The summed E-state index contributed by atoms with van der Waals surface area (Å²) >= 11 is 5.81. The lowest BCUT2D eigenvalue weighted by atomic mass is 10.1. The van der Waals surface area contributed by atoms with Gasteiger partial charge in [-0.2, -0.15) is 0 Å². The number of Topliss-reactive ketones (excluding diaryl/α,β-unsaturated/α-hetero) is 1. The summed E-state index contributed by atoms with van der Waals surface area (Å²) in [5.74, 6) is 1.12. The molecule has 2 aromatic carbocycles. The molecule has 0 unspecified atom stereocenters. The van der Waals surface area contributed by atoms with Crippen LogP contribution in [0, 0.1) is 0 Å². The van der Waals surface area contributed by atoms with Crippen molar-refractivity contribution in [3.63, 3.8) is 0 Å². The number of halogens is 1. The Morgan fingerprint density at radius 2 is 1.69 bits per heavy atom. The molecule has 1 aromatic heterocycles. The molecule has 148 valence electrons. The largest absolute Gasteiger partial charge is 0.493 e. The van der Waals surface area contributed by atoms with Crippen LogP contribution in [-0.4, -0.2) is 23.8 Å². The highest BCUT2D eigenvalue weighted by Crippen LogP contribution is 2.30. The number of benzene rings is 2. The Balaban J connectivity index is 1.52. The van der Waals surface area contributed by atoms with Crippen LogP contribution in [0.4, 0.5) is 5.69 Å². The fraction of sp³-hybridized carbons (Fsp3) is 0.136. The van der Waals surface area contributed by atoms with E-state index in [9.17, 15) is 9.59 Å². The van der Waals surface area contributed by atoms with Gasteiger partial charge in [0.25, 0.3) is 0 Å². The number of para-hydroxylation sites is 2. The van der Waals surface area contributed by atoms with E-state index >= 15 is 0 Å². The van der Waals surface area contributed by atoms with Gasteiger partial charge in [-0.05, 0) is 42.5 Å². The predicted molar refractivity (Wildman–Crippen MR) is 111 cm³/mol. The summed E-state index contributed by atoms with van der Waals surface area (Å²) < 4.78 is 10.9. The molecule has 6 nitrogen and oxygen atoms in total. The Morgan fingerprint density at radius 1 is 0.966 bits per heavy atom. The van der Waals surface area contributed by atoms with Gasteiger partial charge in [-0.1, -0.05) is 23.7 Å². The van der Waals surface area contributed by atoms with Gasteiger partial charge in [0.2, 0.25) is 11.8 Å². The molecule has 29 heavy (non-hydrogen) atoms. The number of pyridine rings is 1. The molecule has 1 heterocycles. The van der Waals surface area contributed by atoms with E-state index in [1.807, 2.05) is 12.1 Å². The number of carbonyl (C=O) groups is 2. The Morgan fingerprint density at radius 3 is 2.34 bits per heavy atom. The van der Waals surface area contributed by atoms with Crippen molar-refractivity contribution in [3.8, 4) is 17.4 Å². The fourth-order valence-electron chi connectivity index (χ4n) is 2.56. The Labute approximate surface area is 173 Å². The number of aromatic nitrogens is 1. The van der Waals surface area contributed by atoms with E-state index in [4.69, 9.17) is 21.1 Å². The Hall–Kier alpha value is -3.38. The lowest BCUT2D eigenvalue weighted by Crippen LogP contribution is -2.13. The van der Waals surface area contributed by atoms with Gasteiger partial charge in [0.15, 0.2) is 17.3 Å². The summed E-state index contributed by atoms with van der Waals surface area (Å²) in [7, 11) is 1.56. The molecule has 0 saturated heterocycles. The number of anilines is 1. The van der Waals surface area contributed by atoms with Crippen molar-refractivity contribution in [1.29, 1.82) is 0 Å². The van der Waals surface area contributed by atoms with Crippen molar-refractivity contribution >= 4 is 29.0 Å². The average Bonchev–Trinajstić information content (AvgIpc) is 2.74. The number of amides is 1. The normalized spacial score (nSPS) is 10.3. The second-order valence-corrected chi connectivity index (χ2v) is 6.55. The van der Waals surface area contributed by atoms with E-state index in [1.54, 1.807) is 55.6 Å². The van der Waals surface area contributed by atoms with Gasteiger partial charge in [-0.25, -0.2) is 4.98 Å². The number of hydrogen-bond acceptors (Lipinski definition) is 5. The van der Waals surface area contributed by atoms with Crippen LogP contribution in [0.15, 0.2) is 66.9 Å². The third-order valence-corrected chi connectivity index (χ3v) is 4.30. The number of rotatable bonds is 8. The Kier molecular flexibility index (Phi) is 6.81. The molecule has 3 rings (SSSR count). The van der Waals surface area contributed by atoms with Crippen LogP contribution in [0.1, 0.15) is 23.2 Å². The third-order valence-electron chi connectivity index (χ3n) is 4.05. The summed E-state index contributed by atoms with van der Waals surface area (Å²) in [5, 5.41) is 3.28. The molecule has 1 amide bonds. The lowest BCUT2D eigenvalue weighted by Gasteiger charge is -2.10.